The summed E-state index contributed by atoms with van der Waals surface area (Å²) in [5.41, 5.74) is 0. The topological polar surface area (TPSA) is 43.8 Å². The molecule has 0 bridgehead atoms. The molecule has 0 saturated heterocycles. The minimum Gasteiger partial charge on any atom is -0.395 e. The number of carbonyl (C=O) groups excluding carboxylic acids is 1. The number of halogens is 2. The molecule has 1 amide bonds. The van der Waals surface area contributed by atoms with Crippen molar-refractivity contribution in [2.75, 3.05) is 39.3 Å². The molecular weight excluding hydrogens is 266 g/mol. The summed E-state index contributed by atoms with van der Waals surface area (Å²) in [7, 11) is 0. The van der Waals surface area contributed by atoms with Crippen molar-refractivity contribution in [2.24, 2.45) is 0 Å². The van der Waals surface area contributed by atoms with Gasteiger partial charge in [0, 0.05) is 19.6 Å². The number of carbonyl (C=O) groups is 1. The van der Waals surface area contributed by atoms with Crippen molar-refractivity contribution in [3.8, 4) is 0 Å². The van der Waals surface area contributed by atoms with Gasteiger partial charge in [0.05, 0.1) is 19.7 Å². The van der Waals surface area contributed by atoms with Crippen LogP contribution in [0.2, 0.25) is 0 Å². The van der Waals surface area contributed by atoms with Crippen LogP contribution in [0.4, 0.5) is 8.78 Å². The lowest BCUT2D eigenvalue weighted by Gasteiger charge is -2.27. The van der Waals surface area contributed by atoms with Gasteiger partial charge in [0.1, 0.15) is 0 Å². The maximum atomic E-state index is 12.4. The fourth-order valence-electron chi connectivity index (χ4n) is 1.92. The summed E-state index contributed by atoms with van der Waals surface area (Å²) in [4.78, 5) is 15.2. The Balaban J connectivity index is 4.42. The molecule has 0 fully saturated rings. The van der Waals surface area contributed by atoms with Gasteiger partial charge in [-0.3, -0.25) is 9.69 Å². The van der Waals surface area contributed by atoms with E-state index in [1.54, 1.807) is 4.90 Å². The molecule has 0 spiro atoms. The zero-order chi connectivity index (χ0) is 15.4. The SMILES string of the molecule is CCCCN(CCCC)C(=O)CN(CCO)CC(F)F. The molecule has 4 nitrogen and oxygen atoms in total. The van der Waals surface area contributed by atoms with Crippen LogP contribution in [0.1, 0.15) is 39.5 Å². The number of rotatable bonds is 12. The zero-order valence-corrected chi connectivity index (χ0v) is 12.7. The fraction of sp³-hybridized carbons (Fsp3) is 0.929. The Bertz CT molecular complexity index is 245. The standard InChI is InChI=1S/C14H28F2N2O2/c1-3-5-7-18(8-6-4-2)14(20)12-17(9-10-19)11-13(15)16/h13,19H,3-12H2,1-2H3. The van der Waals surface area contributed by atoms with Gasteiger partial charge in [-0.05, 0) is 12.8 Å². The van der Waals surface area contributed by atoms with Crippen LogP contribution in [-0.2, 0) is 4.79 Å². The number of unbranched alkanes of at least 4 members (excludes halogenated alkanes) is 2. The summed E-state index contributed by atoms with van der Waals surface area (Å²) in [6.45, 7) is 4.83. The lowest BCUT2D eigenvalue weighted by molar-refractivity contribution is -0.133. The summed E-state index contributed by atoms with van der Waals surface area (Å²) in [5, 5.41) is 8.87. The van der Waals surface area contributed by atoms with Crippen molar-refractivity contribution in [2.45, 2.75) is 46.0 Å². The van der Waals surface area contributed by atoms with E-state index in [4.69, 9.17) is 5.11 Å². The number of alkyl halides is 2. The minimum atomic E-state index is -2.49. The largest absolute Gasteiger partial charge is 0.395 e. The summed E-state index contributed by atoms with van der Waals surface area (Å²) in [5.74, 6) is -0.124. The molecule has 6 heteroatoms. The highest BCUT2D eigenvalue weighted by Gasteiger charge is 2.19. The highest BCUT2D eigenvalue weighted by molar-refractivity contribution is 5.78. The van der Waals surface area contributed by atoms with E-state index in [0.717, 1.165) is 25.7 Å². The van der Waals surface area contributed by atoms with E-state index in [2.05, 4.69) is 13.8 Å². The Labute approximate surface area is 120 Å². The number of nitrogens with zero attached hydrogens (tertiary/aromatic N) is 2. The Hall–Kier alpha value is -0.750. The van der Waals surface area contributed by atoms with Gasteiger partial charge >= 0.3 is 0 Å². The maximum absolute atomic E-state index is 12.4. The first-order valence-electron chi connectivity index (χ1n) is 7.44. The van der Waals surface area contributed by atoms with Crippen LogP contribution in [0.25, 0.3) is 0 Å². The van der Waals surface area contributed by atoms with Gasteiger partial charge in [0.15, 0.2) is 0 Å². The Morgan fingerprint density at radius 2 is 1.65 bits per heavy atom. The summed E-state index contributed by atoms with van der Waals surface area (Å²) >= 11 is 0. The van der Waals surface area contributed by atoms with E-state index in [-0.39, 0.29) is 25.6 Å². The average molecular weight is 294 g/mol. The molecule has 0 aromatic rings. The summed E-state index contributed by atoms with van der Waals surface area (Å²) < 4.78 is 24.8. The molecule has 0 saturated carbocycles. The van der Waals surface area contributed by atoms with Crippen molar-refractivity contribution < 1.29 is 18.7 Å². The quantitative estimate of drug-likeness (QED) is 0.598. The van der Waals surface area contributed by atoms with Crippen LogP contribution in [-0.4, -0.2) is 66.6 Å². The van der Waals surface area contributed by atoms with E-state index < -0.39 is 13.0 Å². The lowest BCUT2D eigenvalue weighted by Crippen LogP contribution is -2.43. The molecule has 120 valence electrons. The molecule has 0 aromatic heterocycles. The molecule has 0 unspecified atom stereocenters. The van der Waals surface area contributed by atoms with E-state index in [0.29, 0.717) is 13.1 Å². The van der Waals surface area contributed by atoms with Crippen LogP contribution in [0, 0.1) is 0 Å². The first-order chi connectivity index (χ1) is 9.54. The van der Waals surface area contributed by atoms with Gasteiger partial charge in [-0.1, -0.05) is 26.7 Å². The van der Waals surface area contributed by atoms with E-state index in [9.17, 15) is 13.6 Å². The summed E-state index contributed by atoms with van der Waals surface area (Å²) in [6, 6.07) is 0. The molecule has 0 heterocycles. The molecule has 0 rings (SSSR count). The minimum absolute atomic E-state index is 0.0433. The fourth-order valence-corrected chi connectivity index (χ4v) is 1.92. The van der Waals surface area contributed by atoms with Crippen molar-refractivity contribution >= 4 is 5.91 Å². The van der Waals surface area contributed by atoms with Gasteiger partial charge < -0.3 is 10.0 Å². The van der Waals surface area contributed by atoms with Crippen molar-refractivity contribution in [1.29, 1.82) is 0 Å². The first-order valence-corrected chi connectivity index (χ1v) is 7.44. The van der Waals surface area contributed by atoms with E-state index >= 15 is 0 Å². The monoisotopic (exact) mass is 294 g/mol. The van der Waals surface area contributed by atoms with Crippen molar-refractivity contribution in [1.82, 2.24) is 9.80 Å². The van der Waals surface area contributed by atoms with Crippen LogP contribution in [0.5, 0.6) is 0 Å². The molecule has 0 aromatic carbocycles. The van der Waals surface area contributed by atoms with Crippen LogP contribution in [0.15, 0.2) is 0 Å². The molecule has 0 aliphatic heterocycles. The van der Waals surface area contributed by atoms with E-state index in [1.165, 1.54) is 4.90 Å². The molecule has 20 heavy (non-hydrogen) atoms. The Kier molecular flexibility index (Phi) is 11.6. The van der Waals surface area contributed by atoms with Crippen molar-refractivity contribution in [3.63, 3.8) is 0 Å². The average Bonchev–Trinajstić information content (AvgIpc) is 2.38. The molecule has 0 atom stereocenters. The first kappa shape index (κ1) is 19.2. The predicted octanol–water partition coefficient (Wildman–Crippen LogP) is 1.97. The van der Waals surface area contributed by atoms with Gasteiger partial charge in [0.25, 0.3) is 6.43 Å². The smallest absolute Gasteiger partial charge is 0.251 e. The summed E-state index contributed by atoms with van der Waals surface area (Å²) in [6.07, 6.45) is 1.34. The lowest BCUT2D eigenvalue weighted by atomic mass is 10.2. The molecule has 1 N–H and O–H groups in total. The zero-order valence-electron chi connectivity index (χ0n) is 12.7. The number of aliphatic hydroxyl groups is 1. The predicted molar refractivity (Wildman–Crippen MR) is 75.9 cm³/mol. The third kappa shape index (κ3) is 9.20. The van der Waals surface area contributed by atoms with E-state index in [1.807, 2.05) is 0 Å². The second kappa shape index (κ2) is 12.0. The second-order valence-electron chi connectivity index (χ2n) is 4.94. The second-order valence-corrected chi connectivity index (χ2v) is 4.94. The molecule has 0 radical (unpaired) electrons. The number of hydrogen-bond donors (Lipinski definition) is 1. The number of aliphatic hydroxyl groups excluding tert-OH is 1. The third-order valence-electron chi connectivity index (χ3n) is 3.09. The van der Waals surface area contributed by atoms with Gasteiger partial charge in [-0.15, -0.1) is 0 Å². The van der Waals surface area contributed by atoms with Crippen LogP contribution >= 0.6 is 0 Å². The Morgan fingerprint density at radius 3 is 2.05 bits per heavy atom. The van der Waals surface area contributed by atoms with Crippen molar-refractivity contribution in [3.05, 3.63) is 0 Å². The Morgan fingerprint density at radius 1 is 1.10 bits per heavy atom. The van der Waals surface area contributed by atoms with Crippen LogP contribution in [0.3, 0.4) is 0 Å². The normalized spacial score (nSPS) is 11.3. The molecule has 0 aliphatic carbocycles. The molecule has 0 aliphatic rings. The van der Waals surface area contributed by atoms with Gasteiger partial charge in [-0.2, -0.15) is 0 Å². The highest BCUT2D eigenvalue weighted by atomic mass is 19.3. The van der Waals surface area contributed by atoms with Gasteiger partial charge in [0.2, 0.25) is 5.91 Å². The third-order valence-corrected chi connectivity index (χ3v) is 3.09. The van der Waals surface area contributed by atoms with Crippen LogP contribution < -0.4 is 0 Å². The molecular formula is C14H28F2N2O2. The number of hydrogen-bond acceptors (Lipinski definition) is 3. The highest BCUT2D eigenvalue weighted by Crippen LogP contribution is 2.03. The number of amides is 1. The maximum Gasteiger partial charge on any atom is 0.251 e. The van der Waals surface area contributed by atoms with Gasteiger partial charge in [-0.25, -0.2) is 8.78 Å².